The van der Waals surface area contributed by atoms with Crippen LogP contribution in [0.15, 0.2) is 0 Å². The van der Waals surface area contributed by atoms with Gasteiger partial charge in [0.15, 0.2) is 12.4 Å². The fourth-order valence-corrected chi connectivity index (χ4v) is 3.61. The van der Waals surface area contributed by atoms with Gasteiger partial charge in [-0.05, 0) is 19.3 Å². The molecule has 0 N–H and O–H groups in total. The van der Waals surface area contributed by atoms with E-state index in [4.69, 9.17) is 23.7 Å². The van der Waals surface area contributed by atoms with Crippen LogP contribution in [-0.4, -0.2) is 73.8 Å². The first-order valence-electron chi connectivity index (χ1n) is 9.86. The lowest BCUT2D eigenvalue weighted by Gasteiger charge is -2.43. The molecule has 0 unspecified atom stereocenters. The van der Waals surface area contributed by atoms with Gasteiger partial charge in [-0.2, -0.15) is 0 Å². The highest BCUT2D eigenvalue weighted by molar-refractivity contribution is 5.68. The van der Waals surface area contributed by atoms with E-state index in [1.807, 2.05) is 13.8 Å². The summed E-state index contributed by atoms with van der Waals surface area (Å²) in [5, 5.41) is 0. The Morgan fingerprint density at radius 2 is 1.61 bits per heavy atom. The lowest BCUT2D eigenvalue weighted by atomic mass is 9.89. The van der Waals surface area contributed by atoms with E-state index in [1.54, 1.807) is 4.90 Å². The third kappa shape index (κ3) is 6.07. The van der Waals surface area contributed by atoms with Crippen molar-refractivity contribution in [3.8, 4) is 0 Å². The van der Waals surface area contributed by atoms with Crippen molar-refractivity contribution in [2.45, 2.75) is 71.6 Å². The summed E-state index contributed by atoms with van der Waals surface area (Å²) in [6, 6.07) is 0. The highest BCUT2D eigenvalue weighted by Crippen LogP contribution is 2.32. The third-order valence-electron chi connectivity index (χ3n) is 4.97. The van der Waals surface area contributed by atoms with Crippen LogP contribution in [-0.2, 0) is 33.3 Å². The van der Waals surface area contributed by atoms with Gasteiger partial charge in [-0.25, -0.2) is 4.79 Å². The minimum absolute atomic E-state index is 0.0482. The number of nitrogens with zero attached hydrogens (tertiary/aromatic N) is 1. The van der Waals surface area contributed by atoms with Crippen LogP contribution in [0, 0.1) is 5.92 Å². The summed E-state index contributed by atoms with van der Waals surface area (Å²) in [7, 11) is 0. The molecule has 0 radical (unpaired) electrons. The van der Waals surface area contributed by atoms with E-state index in [-0.39, 0.29) is 31.3 Å². The number of amides is 1. The van der Waals surface area contributed by atoms with Gasteiger partial charge in [-0.3, -0.25) is 9.59 Å². The molecule has 2 rings (SSSR count). The van der Waals surface area contributed by atoms with Crippen molar-refractivity contribution in [2.75, 3.05) is 26.3 Å². The van der Waals surface area contributed by atoms with Gasteiger partial charge in [0.1, 0.15) is 12.7 Å². The maximum atomic E-state index is 11.9. The van der Waals surface area contributed by atoms with Crippen molar-refractivity contribution >= 4 is 18.0 Å². The fourth-order valence-electron chi connectivity index (χ4n) is 3.61. The molecule has 2 heterocycles. The van der Waals surface area contributed by atoms with E-state index < -0.39 is 30.4 Å². The van der Waals surface area contributed by atoms with Crippen molar-refractivity contribution in [3.63, 3.8) is 0 Å². The van der Waals surface area contributed by atoms with Gasteiger partial charge >= 0.3 is 18.0 Å². The van der Waals surface area contributed by atoms with Crippen molar-refractivity contribution in [1.29, 1.82) is 0 Å². The van der Waals surface area contributed by atoms with E-state index in [0.29, 0.717) is 19.5 Å². The molecular weight excluding hydrogens is 370 g/mol. The second-order valence-corrected chi connectivity index (χ2v) is 7.14. The fraction of sp³-hybridized carbons (Fsp3) is 0.842. The molecule has 0 aromatic carbocycles. The van der Waals surface area contributed by atoms with Crippen LogP contribution >= 0.6 is 0 Å². The minimum atomic E-state index is -0.917. The summed E-state index contributed by atoms with van der Waals surface area (Å²) in [6.07, 6.45) is -0.437. The van der Waals surface area contributed by atoms with Gasteiger partial charge in [-0.15, -0.1) is 0 Å². The number of carbonyl (C=O) groups excluding carboxylic acids is 3. The summed E-state index contributed by atoms with van der Waals surface area (Å²) in [4.78, 5) is 36.7. The molecule has 0 aromatic heterocycles. The molecule has 160 valence electrons. The van der Waals surface area contributed by atoms with E-state index in [9.17, 15) is 14.4 Å². The van der Waals surface area contributed by atoms with Gasteiger partial charge in [0.2, 0.25) is 0 Å². The summed E-state index contributed by atoms with van der Waals surface area (Å²) in [5.41, 5.74) is 0. The average Bonchev–Trinajstić information content (AvgIpc) is 3.17. The topological polar surface area (TPSA) is 101 Å². The van der Waals surface area contributed by atoms with Crippen LogP contribution in [0.5, 0.6) is 0 Å². The van der Waals surface area contributed by atoms with Crippen molar-refractivity contribution in [3.05, 3.63) is 0 Å². The summed E-state index contributed by atoms with van der Waals surface area (Å²) < 4.78 is 27.6. The molecular formula is C19H31NO8. The number of carbonyl (C=O) groups is 3. The maximum Gasteiger partial charge on any atom is 0.409 e. The van der Waals surface area contributed by atoms with E-state index >= 15 is 0 Å². The van der Waals surface area contributed by atoms with Crippen LogP contribution in [0.4, 0.5) is 4.79 Å². The normalized spacial score (nSPS) is 30.0. The molecule has 0 aromatic rings. The Labute approximate surface area is 165 Å². The first kappa shape index (κ1) is 22.4. The lowest BCUT2D eigenvalue weighted by Crippen LogP contribution is -2.57. The predicted molar refractivity (Wildman–Crippen MR) is 97.3 cm³/mol. The second kappa shape index (κ2) is 10.6. The van der Waals surface area contributed by atoms with Gasteiger partial charge in [0.05, 0.1) is 12.7 Å². The van der Waals surface area contributed by atoms with Crippen molar-refractivity contribution in [1.82, 2.24) is 4.90 Å². The predicted octanol–water partition coefficient (Wildman–Crippen LogP) is 1.87. The van der Waals surface area contributed by atoms with Crippen LogP contribution in [0.3, 0.4) is 0 Å². The largest absolute Gasteiger partial charge is 0.458 e. The van der Waals surface area contributed by atoms with Crippen molar-refractivity contribution < 1.29 is 38.1 Å². The summed E-state index contributed by atoms with van der Waals surface area (Å²) in [5.74, 6) is -1.17. The minimum Gasteiger partial charge on any atom is -0.458 e. The Morgan fingerprint density at radius 1 is 1.00 bits per heavy atom. The standard InChI is InChI=1S/C19H31NO8/c1-5-15-12(2)16(26-13(3)21)17(27-14(4)22)18(28-15)24-10-11-25-19(23)20-8-6-7-9-20/h12,15-18H,5-11H2,1-4H3/t12-,15-,16+,17-,18-/m1/s1. The molecule has 9 heteroatoms. The molecule has 2 fully saturated rings. The zero-order valence-corrected chi connectivity index (χ0v) is 17.0. The molecule has 28 heavy (non-hydrogen) atoms. The number of hydrogen-bond donors (Lipinski definition) is 0. The first-order chi connectivity index (χ1) is 13.3. The third-order valence-corrected chi connectivity index (χ3v) is 4.97. The Morgan fingerprint density at radius 3 is 2.18 bits per heavy atom. The molecule has 2 aliphatic heterocycles. The molecule has 0 saturated carbocycles. The Bertz CT molecular complexity index is 548. The first-order valence-corrected chi connectivity index (χ1v) is 9.86. The summed E-state index contributed by atoms with van der Waals surface area (Å²) in [6.45, 7) is 7.95. The van der Waals surface area contributed by atoms with E-state index in [2.05, 4.69) is 0 Å². The van der Waals surface area contributed by atoms with Gasteiger partial charge < -0.3 is 28.6 Å². The zero-order valence-electron chi connectivity index (χ0n) is 17.0. The Balaban J connectivity index is 1.96. The monoisotopic (exact) mass is 401 g/mol. The van der Waals surface area contributed by atoms with Gasteiger partial charge in [0, 0.05) is 32.9 Å². The number of ether oxygens (including phenoxy) is 5. The molecule has 5 atom stereocenters. The molecule has 1 amide bonds. The van der Waals surface area contributed by atoms with E-state index in [1.165, 1.54) is 13.8 Å². The second-order valence-electron chi connectivity index (χ2n) is 7.14. The maximum absolute atomic E-state index is 11.9. The van der Waals surface area contributed by atoms with Crippen molar-refractivity contribution in [2.24, 2.45) is 5.92 Å². The molecule has 2 aliphatic rings. The smallest absolute Gasteiger partial charge is 0.409 e. The SMILES string of the molecule is CC[C@H]1O[C@@H](OCCOC(=O)N2CCCC2)[C@H](OC(C)=O)[C@@H](OC(C)=O)[C@@H]1C. The quantitative estimate of drug-likeness (QED) is 0.362. The van der Waals surface area contributed by atoms with Crippen LogP contribution in [0.2, 0.25) is 0 Å². The van der Waals surface area contributed by atoms with Gasteiger partial charge in [-0.1, -0.05) is 13.8 Å². The molecule has 0 aliphatic carbocycles. The highest BCUT2D eigenvalue weighted by Gasteiger charge is 2.47. The van der Waals surface area contributed by atoms with Gasteiger partial charge in [0.25, 0.3) is 0 Å². The molecule has 9 nitrogen and oxygen atoms in total. The Hall–Kier alpha value is -1.87. The summed E-state index contributed by atoms with van der Waals surface area (Å²) >= 11 is 0. The Kier molecular flexibility index (Phi) is 8.50. The van der Waals surface area contributed by atoms with E-state index in [0.717, 1.165) is 12.8 Å². The van der Waals surface area contributed by atoms with Crippen LogP contribution < -0.4 is 0 Å². The average molecular weight is 401 g/mol. The van der Waals surface area contributed by atoms with Crippen LogP contribution in [0.25, 0.3) is 0 Å². The molecule has 0 bridgehead atoms. The molecule has 2 saturated heterocycles. The lowest BCUT2D eigenvalue weighted by molar-refractivity contribution is -0.291. The number of rotatable bonds is 7. The van der Waals surface area contributed by atoms with Crippen LogP contribution in [0.1, 0.15) is 47.0 Å². The highest BCUT2D eigenvalue weighted by atomic mass is 16.7. The number of esters is 2. The molecule has 0 spiro atoms. The number of hydrogen-bond acceptors (Lipinski definition) is 8. The number of likely N-dealkylation sites (tertiary alicyclic amines) is 1. The zero-order chi connectivity index (χ0) is 20.7.